The lowest BCUT2D eigenvalue weighted by Gasteiger charge is -2.31. The molecule has 1 aromatic rings. The van der Waals surface area contributed by atoms with Gasteiger partial charge in [0.05, 0.1) is 12.5 Å². The standard InChI is InChI=1S/C18H23NO4/c1-2-3-11-23-19-10-9-16(12-17(19)13-20)18(21)22-14-15-7-5-4-6-8-15/h4-8,16H,2-3,9-12,14H2,1H3. The Morgan fingerprint density at radius 2 is 2.13 bits per heavy atom. The highest BCUT2D eigenvalue weighted by molar-refractivity contribution is 5.73. The maximum Gasteiger partial charge on any atom is 0.309 e. The molecule has 0 amide bonds. The van der Waals surface area contributed by atoms with Crippen molar-refractivity contribution in [2.45, 2.75) is 39.2 Å². The largest absolute Gasteiger partial charge is 0.461 e. The van der Waals surface area contributed by atoms with Crippen molar-refractivity contribution in [2.24, 2.45) is 5.92 Å². The molecule has 5 nitrogen and oxygen atoms in total. The lowest BCUT2D eigenvalue weighted by molar-refractivity contribution is -0.163. The quantitative estimate of drug-likeness (QED) is 0.440. The molecule has 1 saturated heterocycles. The third-order valence-electron chi connectivity index (χ3n) is 3.84. The zero-order chi connectivity index (χ0) is 16.5. The predicted octanol–water partition coefficient (Wildman–Crippen LogP) is 2.89. The SMILES string of the molecule is CCCCON1CCC(C(=O)OCc2ccccc2)CC1=C=O. The number of allylic oxidation sites excluding steroid dienone is 1. The van der Waals surface area contributed by atoms with E-state index in [1.54, 1.807) is 5.06 Å². The number of benzene rings is 1. The van der Waals surface area contributed by atoms with Gasteiger partial charge in [-0.3, -0.25) is 9.63 Å². The van der Waals surface area contributed by atoms with Crippen LogP contribution in [0.1, 0.15) is 38.2 Å². The molecule has 1 aliphatic heterocycles. The van der Waals surface area contributed by atoms with E-state index in [4.69, 9.17) is 9.57 Å². The van der Waals surface area contributed by atoms with Crippen LogP contribution in [0, 0.1) is 5.92 Å². The molecular formula is C18H23NO4. The highest BCUT2D eigenvalue weighted by Crippen LogP contribution is 2.26. The average Bonchev–Trinajstić information content (AvgIpc) is 2.61. The molecule has 2 rings (SSSR count). The van der Waals surface area contributed by atoms with Gasteiger partial charge in [0, 0.05) is 13.0 Å². The number of carbonyl (C=O) groups is 1. The summed E-state index contributed by atoms with van der Waals surface area (Å²) in [5.74, 6) is 1.33. The van der Waals surface area contributed by atoms with Crippen molar-refractivity contribution in [2.75, 3.05) is 13.2 Å². The molecule has 23 heavy (non-hydrogen) atoms. The molecule has 1 atom stereocenters. The van der Waals surface area contributed by atoms with Crippen LogP contribution in [0.25, 0.3) is 0 Å². The Morgan fingerprint density at radius 1 is 1.35 bits per heavy atom. The summed E-state index contributed by atoms with van der Waals surface area (Å²) in [6, 6.07) is 9.55. The normalized spacial score (nSPS) is 17.7. The van der Waals surface area contributed by atoms with Gasteiger partial charge in [-0.1, -0.05) is 43.7 Å². The topological polar surface area (TPSA) is 55.8 Å². The van der Waals surface area contributed by atoms with Gasteiger partial charge < -0.3 is 4.74 Å². The van der Waals surface area contributed by atoms with E-state index in [2.05, 4.69) is 6.92 Å². The highest BCUT2D eigenvalue weighted by Gasteiger charge is 2.30. The zero-order valence-corrected chi connectivity index (χ0v) is 13.5. The Balaban J connectivity index is 1.83. The minimum Gasteiger partial charge on any atom is -0.461 e. The van der Waals surface area contributed by atoms with Crippen LogP contribution in [0.4, 0.5) is 0 Å². The van der Waals surface area contributed by atoms with E-state index in [0.717, 1.165) is 18.4 Å². The summed E-state index contributed by atoms with van der Waals surface area (Å²) in [5.41, 5.74) is 1.35. The van der Waals surface area contributed by atoms with Crippen molar-refractivity contribution in [3.05, 3.63) is 41.6 Å². The number of piperidine rings is 1. The third kappa shape index (κ3) is 5.23. The lowest BCUT2D eigenvalue weighted by atomic mass is 9.96. The van der Waals surface area contributed by atoms with E-state index in [1.807, 2.05) is 36.3 Å². The van der Waals surface area contributed by atoms with Crippen molar-refractivity contribution in [1.82, 2.24) is 5.06 Å². The molecule has 1 heterocycles. The summed E-state index contributed by atoms with van der Waals surface area (Å²) in [7, 11) is 0. The van der Waals surface area contributed by atoms with Crippen molar-refractivity contribution >= 4 is 11.9 Å². The van der Waals surface area contributed by atoms with Gasteiger partial charge in [0.25, 0.3) is 0 Å². The Bertz CT molecular complexity index is 551. The third-order valence-corrected chi connectivity index (χ3v) is 3.84. The molecule has 1 fully saturated rings. The fourth-order valence-electron chi connectivity index (χ4n) is 2.45. The summed E-state index contributed by atoms with van der Waals surface area (Å²) in [6.07, 6.45) is 2.90. The first-order chi connectivity index (χ1) is 11.2. The average molecular weight is 317 g/mol. The number of esters is 1. The number of hydrogen-bond acceptors (Lipinski definition) is 5. The van der Waals surface area contributed by atoms with Gasteiger partial charge in [0.1, 0.15) is 18.2 Å². The van der Waals surface area contributed by atoms with Gasteiger partial charge in [0.15, 0.2) is 0 Å². The lowest BCUT2D eigenvalue weighted by Crippen LogP contribution is -2.36. The molecule has 1 aliphatic rings. The molecule has 5 heteroatoms. The van der Waals surface area contributed by atoms with E-state index < -0.39 is 0 Å². The first kappa shape index (κ1) is 17.3. The van der Waals surface area contributed by atoms with E-state index in [1.165, 1.54) is 0 Å². The van der Waals surface area contributed by atoms with Crippen LogP contribution in [0.15, 0.2) is 36.0 Å². The summed E-state index contributed by atoms with van der Waals surface area (Å²) < 4.78 is 5.35. The van der Waals surface area contributed by atoms with E-state index in [-0.39, 0.29) is 18.5 Å². The summed E-state index contributed by atoms with van der Waals surface area (Å²) in [4.78, 5) is 28.9. The second-order valence-corrected chi connectivity index (χ2v) is 5.62. The Morgan fingerprint density at radius 3 is 2.83 bits per heavy atom. The van der Waals surface area contributed by atoms with Crippen LogP contribution < -0.4 is 0 Å². The number of hydrogen-bond donors (Lipinski definition) is 0. The molecule has 0 N–H and O–H groups in total. The van der Waals surface area contributed by atoms with Gasteiger partial charge in [-0.25, -0.2) is 9.86 Å². The molecule has 124 valence electrons. The molecule has 0 spiro atoms. The molecule has 1 aromatic carbocycles. The molecule has 0 saturated carbocycles. The van der Waals surface area contributed by atoms with Crippen molar-refractivity contribution in [3.63, 3.8) is 0 Å². The first-order valence-corrected chi connectivity index (χ1v) is 8.09. The number of rotatable bonds is 7. The summed E-state index contributed by atoms with van der Waals surface area (Å²) in [6.45, 7) is 3.42. The second kappa shape index (κ2) is 9.13. The molecular weight excluding hydrogens is 294 g/mol. The van der Waals surface area contributed by atoms with Gasteiger partial charge in [0.2, 0.25) is 0 Å². The molecule has 0 aromatic heterocycles. The van der Waals surface area contributed by atoms with E-state index >= 15 is 0 Å². The molecule has 1 unspecified atom stereocenters. The monoisotopic (exact) mass is 317 g/mol. The number of carbonyl (C=O) groups excluding carboxylic acids is 2. The molecule has 0 aliphatic carbocycles. The number of ether oxygens (including phenoxy) is 1. The minimum atomic E-state index is -0.304. The summed E-state index contributed by atoms with van der Waals surface area (Å²) in [5, 5.41) is 1.57. The zero-order valence-electron chi connectivity index (χ0n) is 13.5. The van der Waals surface area contributed by atoms with E-state index in [9.17, 15) is 9.59 Å². The van der Waals surface area contributed by atoms with E-state index in [0.29, 0.717) is 31.7 Å². The van der Waals surface area contributed by atoms with Gasteiger partial charge >= 0.3 is 5.97 Å². The maximum absolute atomic E-state index is 12.2. The van der Waals surface area contributed by atoms with Crippen LogP contribution in [0.5, 0.6) is 0 Å². The second-order valence-electron chi connectivity index (χ2n) is 5.62. The number of hydroxylamine groups is 2. The first-order valence-electron chi connectivity index (χ1n) is 8.09. The van der Waals surface area contributed by atoms with Crippen LogP contribution in [0.3, 0.4) is 0 Å². The Hall–Kier alpha value is -2.10. The van der Waals surface area contributed by atoms with Crippen LogP contribution >= 0.6 is 0 Å². The Kier molecular flexibility index (Phi) is 6.85. The van der Waals surface area contributed by atoms with Crippen LogP contribution in [0.2, 0.25) is 0 Å². The van der Waals surface area contributed by atoms with Gasteiger partial charge in [-0.05, 0) is 18.4 Å². The maximum atomic E-state index is 12.2. The molecule has 0 bridgehead atoms. The Labute approximate surface area is 136 Å². The van der Waals surface area contributed by atoms with Crippen LogP contribution in [-0.2, 0) is 25.8 Å². The number of unbranched alkanes of at least 4 members (excludes halogenated alkanes) is 1. The highest BCUT2D eigenvalue weighted by atomic mass is 16.7. The van der Waals surface area contributed by atoms with Gasteiger partial charge in [-0.15, -0.1) is 0 Å². The fourth-order valence-corrected chi connectivity index (χ4v) is 2.45. The van der Waals surface area contributed by atoms with Crippen molar-refractivity contribution in [1.29, 1.82) is 0 Å². The smallest absolute Gasteiger partial charge is 0.309 e. The summed E-state index contributed by atoms with van der Waals surface area (Å²) >= 11 is 0. The molecule has 0 radical (unpaired) electrons. The minimum absolute atomic E-state index is 0.257. The van der Waals surface area contributed by atoms with Crippen LogP contribution in [-0.4, -0.2) is 30.1 Å². The predicted molar refractivity (Wildman–Crippen MR) is 85.7 cm³/mol. The van der Waals surface area contributed by atoms with Gasteiger partial charge in [-0.2, -0.15) is 0 Å². The van der Waals surface area contributed by atoms with Crippen molar-refractivity contribution in [3.8, 4) is 0 Å². The fraction of sp³-hybridized carbons (Fsp3) is 0.500. The number of nitrogens with zero attached hydrogens (tertiary/aromatic N) is 1. The van der Waals surface area contributed by atoms with Crippen molar-refractivity contribution < 1.29 is 19.2 Å².